The molecule has 0 saturated heterocycles. The molecule has 0 aliphatic rings. The zero-order valence-electron chi connectivity index (χ0n) is 13.2. The predicted molar refractivity (Wildman–Crippen MR) is 83.6 cm³/mol. The second-order valence-electron chi connectivity index (χ2n) is 6.25. The van der Waals surface area contributed by atoms with Crippen LogP contribution in [0, 0.1) is 0 Å². The number of aromatic nitrogens is 1. The minimum absolute atomic E-state index is 0.149. The van der Waals surface area contributed by atoms with Gasteiger partial charge in [0, 0.05) is 31.9 Å². The normalized spacial score (nSPS) is 11.6. The highest BCUT2D eigenvalue weighted by atomic mass is 15.2. The highest BCUT2D eigenvalue weighted by Crippen LogP contribution is 2.13. The molecule has 0 saturated carbocycles. The Hall–Kier alpha value is -1.09. The summed E-state index contributed by atoms with van der Waals surface area (Å²) < 4.78 is 0. The molecular formula is C16H29N3. The number of rotatable bonds is 7. The Kier molecular flexibility index (Phi) is 6.29. The van der Waals surface area contributed by atoms with Gasteiger partial charge in [0.1, 0.15) is 5.82 Å². The Morgan fingerprint density at radius 1 is 1.26 bits per heavy atom. The van der Waals surface area contributed by atoms with E-state index in [0.29, 0.717) is 0 Å². The fourth-order valence-corrected chi connectivity index (χ4v) is 1.86. The molecule has 0 fully saturated rings. The van der Waals surface area contributed by atoms with Crippen molar-refractivity contribution in [3.05, 3.63) is 23.9 Å². The summed E-state index contributed by atoms with van der Waals surface area (Å²) in [6, 6.07) is 4.27. The van der Waals surface area contributed by atoms with Gasteiger partial charge in [-0.2, -0.15) is 0 Å². The summed E-state index contributed by atoms with van der Waals surface area (Å²) in [6.07, 6.45) is 5.69. The van der Waals surface area contributed by atoms with Gasteiger partial charge in [0.15, 0.2) is 0 Å². The van der Waals surface area contributed by atoms with E-state index in [1.54, 1.807) is 0 Å². The van der Waals surface area contributed by atoms with Crippen LogP contribution in [0.25, 0.3) is 0 Å². The molecule has 0 amide bonds. The number of unbranched alkanes of at least 4 members (excludes halogenated alkanes) is 2. The van der Waals surface area contributed by atoms with Crippen molar-refractivity contribution in [2.45, 2.75) is 59.0 Å². The number of nitrogens with one attached hydrogen (secondary N) is 1. The summed E-state index contributed by atoms with van der Waals surface area (Å²) in [5.74, 6) is 1.07. The van der Waals surface area contributed by atoms with Crippen LogP contribution in [0.3, 0.4) is 0 Å². The van der Waals surface area contributed by atoms with E-state index in [9.17, 15) is 0 Å². The minimum Gasteiger partial charge on any atom is -0.360 e. The van der Waals surface area contributed by atoms with E-state index < -0.39 is 0 Å². The van der Waals surface area contributed by atoms with Gasteiger partial charge in [-0.3, -0.25) is 0 Å². The van der Waals surface area contributed by atoms with Crippen LogP contribution in [0.2, 0.25) is 0 Å². The first kappa shape index (κ1) is 16.0. The summed E-state index contributed by atoms with van der Waals surface area (Å²) in [6.45, 7) is 10.8. The van der Waals surface area contributed by atoms with Crippen molar-refractivity contribution in [2.75, 3.05) is 18.5 Å². The van der Waals surface area contributed by atoms with E-state index in [-0.39, 0.29) is 5.54 Å². The van der Waals surface area contributed by atoms with Crippen LogP contribution in [0.1, 0.15) is 52.5 Å². The van der Waals surface area contributed by atoms with Crippen LogP contribution in [-0.2, 0) is 6.54 Å². The van der Waals surface area contributed by atoms with Crippen LogP contribution in [0.4, 0.5) is 5.82 Å². The average Bonchev–Trinajstić information content (AvgIpc) is 2.36. The Bertz CT molecular complexity index is 369. The molecule has 0 aliphatic heterocycles. The highest BCUT2D eigenvalue weighted by molar-refractivity contribution is 5.39. The maximum atomic E-state index is 4.46. The van der Waals surface area contributed by atoms with Crippen molar-refractivity contribution in [1.29, 1.82) is 0 Å². The summed E-state index contributed by atoms with van der Waals surface area (Å²) in [5, 5.41) is 3.51. The van der Waals surface area contributed by atoms with Gasteiger partial charge < -0.3 is 10.2 Å². The third-order valence-corrected chi connectivity index (χ3v) is 3.12. The Morgan fingerprint density at radius 2 is 2.00 bits per heavy atom. The van der Waals surface area contributed by atoms with Gasteiger partial charge in [0.05, 0.1) is 0 Å². The molecule has 1 heterocycles. The Morgan fingerprint density at radius 3 is 2.63 bits per heavy atom. The lowest BCUT2D eigenvalue weighted by atomic mass is 10.1. The molecule has 0 atom stereocenters. The first-order valence-corrected chi connectivity index (χ1v) is 7.33. The lowest BCUT2D eigenvalue weighted by Gasteiger charge is -2.22. The van der Waals surface area contributed by atoms with Crippen molar-refractivity contribution in [2.24, 2.45) is 0 Å². The van der Waals surface area contributed by atoms with Crippen LogP contribution in [0.5, 0.6) is 0 Å². The topological polar surface area (TPSA) is 28.2 Å². The van der Waals surface area contributed by atoms with Gasteiger partial charge in [-0.15, -0.1) is 0 Å². The lowest BCUT2D eigenvalue weighted by Crippen LogP contribution is -2.35. The van der Waals surface area contributed by atoms with Crippen molar-refractivity contribution < 1.29 is 0 Å². The first-order valence-electron chi connectivity index (χ1n) is 7.33. The summed E-state index contributed by atoms with van der Waals surface area (Å²) >= 11 is 0. The molecule has 3 heteroatoms. The monoisotopic (exact) mass is 263 g/mol. The largest absolute Gasteiger partial charge is 0.360 e. The standard InChI is InChI=1S/C16H29N3/c1-6-7-8-11-19(5)15-12-14(9-10-17-15)13-18-16(2,3)4/h9-10,12,18H,6-8,11,13H2,1-5H3. The number of hydrogen-bond acceptors (Lipinski definition) is 3. The molecule has 0 aliphatic carbocycles. The molecule has 19 heavy (non-hydrogen) atoms. The summed E-state index contributed by atoms with van der Waals surface area (Å²) in [7, 11) is 2.12. The van der Waals surface area contributed by atoms with Crippen molar-refractivity contribution in [1.82, 2.24) is 10.3 Å². The zero-order chi connectivity index (χ0) is 14.3. The van der Waals surface area contributed by atoms with Gasteiger partial charge >= 0.3 is 0 Å². The third kappa shape index (κ3) is 6.58. The molecular weight excluding hydrogens is 234 g/mol. The van der Waals surface area contributed by atoms with Gasteiger partial charge in [0.25, 0.3) is 0 Å². The van der Waals surface area contributed by atoms with E-state index in [0.717, 1.165) is 18.9 Å². The van der Waals surface area contributed by atoms with Crippen molar-refractivity contribution in [3.8, 4) is 0 Å². The van der Waals surface area contributed by atoms with Crippen LogP contribution >= 0.6 is 0 Å². The van der Waals surface area contributed by atoms with Gasteiger partial charge in [-0.25, -0.2) is 4.98 Å². The zero-order valence-corrected chi connectivity index (χ0v) is 13.2. The first-order chi connectivity index (χ1) is 8.92. The quantitative estimate of drug-likeness (QED) is 0.762. The smallest absolute Gasteiger partial charge is 0.128 e. The molecule has 108 valence electrons. The molecule has 1 aromatic rings. The third-order valence-electron chi connectivity index (χ3n) is 3.12. The van der Waals surface area contributed by atoms with E-state index in [1.165, 1.54) is 24.8 Å². The molecule has 0 aromatic carbocycles. The molecule has 0 radical (unpaired) electrons. The molecule has 3 nitrogen and oxygen atoms in total. The Labute approximate surface area is 118 Å². The number of pyridine rings is 1. The highest BCUT2D eigenvalue weighted by Gasteiger charge is 2.09. The second-order valence-corrected chi connectivity index (χ2v) is 6.25. The number of hydrogen-bond donors (Lipinski definition) is 1. The summed E-state index contributed by atoms with van der Waals surface area (Å²) in [4.78, 5) is 6.71. The van der Waals surface area contributed by atoms with Crippen molar-refractivity contribution in [3.63, 3.8) is 0 Å². The molecule has 0 unspecified atom stereocenters. The van der Waals surface area contributed by atoms with Gasteiger partial charge in [0.2, 0.25) is 0 Å². The fraction of sp³-hybridized carbons (Fsp3) is 0.688. The van der Waals surface area contributed by atoms with Gasteiger partial charge in [-0.05, 0) is 44.9 Å². The van der Waals surface area contributed by atoms with Crippen LogP contribution < -0.4 is 10.2 Å². The predicted octanol–water partition coefficient (Wildman–Crippen LogP) is 3.60. The van der Waals surface area contributed by atoms with E-state index in [4.69, 9.17) is 0 Å². The molecule has 0 spiro atoms. The molecule has 0 bridgehead atoms. The summed E-state index contributed by atoms with van der Waals surface area (Å²) in [5.41, 5.74) is 1.44. The van der Waals surface area contributed by atoms with Crippen LogP contribution in [0.15, 0.2) is 18.3 Å². The fourth-order valence-electron chi connectivity index (χ4n) is 1.86. The van der Waals surface area contributed by atoms with E-state index in [1.807, 2.05) is 6.20 Å². The van der Waals surface area contributed by atoms with Crippen molar-refractivity contribution >= 4 is 5.82 Å². The van der Waals surface area contributed by atoms with Crippen LogP contribution in [-0.4, -0.2) is 24.1 Å². The SMILES string of the molecule is CCCCCN(C)c1cc(CNC(C)(C)C)ccn1. The van der Waals surface area contributed by atoms with Gasteiger partial charge in [-0.1, -0.05) is 19.8 Å². The average molecular weight is 263 g/mol. The maximum absolute atomic E-state index is 4.46. The Balaban J connectivity index is 2.56. The number of nitrogens with zero attached hydrogens (tertiary/aromatic N) is 2. The maximum Gasteiger partial charge on any atom is 0.128 e. The minimum atomic E-state index is 0.149. The molecule has 1 aromatic heterocycles. The lowest BCUT2D eigenvalue weighted by molar-refractivity contribution is 0.424. The molecule has 1 N–H and O–H groups in total. The molecule has 1 rings (SSSR count). The number of anilines is 1. The van der Waals surface area contributed by atoms with E-state index in [2.05, 4.69) is 62.1 Å². The second kappa shape index (κ2) is 7.49. The van der Waals surface area contributed by atoms with E-state index >= 15 is 0 Å².